The molecule has 2 N–H and O–H groups in total. The van der Waals surface area contributed by atoms with E-state index in [-0.39, 0.29) is 5.57 Å². The van der Waals surface area contributed by atoms with Crippen molar-refractivity contribution in [3.8, 4) is 11.8 Å². The Hall–Kier alpha value is -2.68. The summed E-state index contributed by atoms with van der Waals surface area (Å²) in [5, 5.41) is 15.8. The van der Waals surface area contributed by atoms with Gasteiger partial charge in [-0.3, -0.25) is 4.79 Å². The number of carbonyl (C=O) groups excluding carboxylic acids is 1. The molecule has 0 aliphatic heterocycles. The number of nitrogens with zero attached hydrogens (tertiary/aromatic N) is 1. The molecular formula is C18H15Cl2N3O2. The first-order valence-electron chi connectivity index (χ1n) is 7.22. The van der Waals surface area contributed by atoms with E-state index >= 15 is 0 Å². The number of amides is 1. The van der Waals surface area contributed by atoms with Gasteiger partial charge in [-0.2, -0.15) is 5.26 Å². The third-order valence-corrected chi connectivity index (χ3v) is 3.81. The van der Waals surface area contributed by atoms with Gasteiger partial charge in [0.2, 0.25) is 0 Å². The molecule has 0 atom stereocenters. The Morgan fingerprint density at radius 1 is 1.16 bits per heavy atom. The molecule has 0 fully saturated rings. The fraction of sp³-hybridized carbons (Fsp3) is 0.111. The smallest absolute Gasteiger partial charge is 0.267 e. The average Bonchev–Trinajstić information content (AvgIpc) is 2.57. The van der Waals surface area contributed by atoms with Crippen LogP contribution in [0.5, 0.6) is 5.75 Å². The molecule has 0 heterocycles. The van der Waals surface area contributed by atoms with Gasteiger partial charge in [0.15, 0.2) is 0 Å². The van der Waals surface area contributed by atoms with Crippen molar-refractivity contribution >= 4 is 40.5 Å². The van der Waals surface area contributed by atoms with Gasteiger partial charge in [-0.1, -0.05) is 23.2 Å². The number of aryl methyl sites for hydroxylation is 1. The van der Waals surface area contributed by atoms with Crippen LogP contribution in [0.1, 0.15) is 5.56 Å². The Bertz CT molecular complexity index is 873. The predicted molar refractivity (Wildman–Crippen MR) is 100 cm³/mol. The number of hydrogen-bond acceptors (Lipinski definition) is 4. The normalized spacial score (nSPS) is 10.8. The van der Waals surface area contributed by atoms with Crippen molar-refractivity contribution in [3.63, 3.8) is 0 Å². The molecule has 7 heteroatoms. The average molecular weight is 376 g/mol. The van der Waals surface area contributed by atoms with E-state index in [2.05, 4.69) is 10.6 Å². The lowest BCUT2D eigenvalue weighted by atomic mass is 10.2. The van der Waals surface area contributed by atoms with E-state index in [1.54, 1.807) is 36.4 Å². The van der Waals surface area contributed by atoms with Gasteiger partial charge in [-0.25, -0.2) is 0 Å². The van der Waals surface area contributed by atoms with E-state index in [9.17, 15) is 10.1 Å². The number of hydrogen-bond donors (Lipinski definition) is 2. The summed E-state index contributed by atoms with van der Waals surface area (Å²) in [6.07, 6.45) is 1.34. The summed E-state index contributed by atoms with van der Waals surface area (Å²) >= 11 is 11.8. The van der Waals surface area contributed by atoms with Gasteiger partial charge in [0.05, 0.1) is 12.8 Å². The Morgan fingerprint density at radius 3 is 2.48 bits per heavy atom. The molecule has 0 saturated carbocycles. The highest BCUT2D eigenvalue weighted by Gasteiger charge is 2.13. The summed E-state index contributed by atoms with van der Waals surface area (Å²) in [6, 6.07) is 11.9. The number of benzene rings is 2. The van der Waals surface area contributed by atoms with Gasteiger partial charge in [-0.05, 0) is 48.9 Å². The minimum Gasteiger partial charge on any atom is -0.495 e. The molecule has 128 valence electrons. The first-order chi connectivity index (χ1) is 11.9. The standard InChI is InChI=1S/C18H15Cl2N3O2/c1-11-7-13(19)3-5-15(11)22-10-12(9-21)18(24)23-16-8-14(20)4-6-17(16)25-2/h3-8,10,22H,1-2H3,(H,23,24)/b12-10-. The molecule has 2 aromatic carbocycles. The van der Waals surface area contributed by atoms with Crippen LogP contribution in [-0.4, -0.2) is 13.0 Å². The quantitative estimate of drug-likeness (QED) is 0.582. The van der Waals surface area contributed by atoms with Gasteiger partial charge in [-0.15, -0.1) is 0 Å². The minimum atomic E-state index is -0.581. The predicted octanol–water partition coefficient (Wildman–Crippen LogP) is 4.77. The summed E-state index contributed by atoms with van der Waals surface area (Å²) < 4.78 is 5.17. The van der Waals surface area contributed by atoms with Crippen LogP contribution in [0, 0.1) is 18.3 Å². The van der Waals surface area contributed by atoms with Crippen LogP contribution in [-0.2, 0) is 4.79 Å². The molecular weight excluding hydrogens is 361 g/mol. The van der Waals surface area contributed by atoms with Gasteiger partial charge < -0.3 is 15.4 Å². The molecule has 0 aliphatic carbocycles. The molecule has 0 spiro atoms. The highest BCUT2D eigenvalue weighted by Crippen LogP contribution is 2.28. The molecule has 0 radical (unpaired) electrons. The lowest BCUT2D eigenvalue weighted by molar-refractivity contribution is -0.112. The second-order valence-electron chi connectivity index (χ2n) is 5.07. The molecule has 0 saturated heterocycles. The largest absolute Gasteiger partial charge is 0.495 e. The Labute approximate surface area is 155 Å². The zero-order valence-corrected chi connectivity index (χ0v) is 15.1. The summed E-state index contributed by atoms with van der Waals surface area (Å²) in [5.74, 6) is -0.140. The molecule has 5 nitrogen and oxygen atoms in total. The SMILES string of the molecule is COc1ccc(Cl)cc1NC(=O)/C(C#N)=C\Nc1ccc(Cl)cc1C. The number of methoxy groups -OCH3 is 1. The van der Waals surface area contributed by atoms with Crippen molar-refractivity contribution in [1.82, 2.24) is 0 Å². The van der Waals surface area contributed by atoms with Crippen molar-refractivity contribution < 1.29 is 9.53 Å². The Balaban J connectivity index is 2.18. The summed E-state index contributed by atoms with van der Waals surface area (Å²) in [6.45, 7) is 1.87. The lowest BCUT2D eigenvalue weighted by Crippen LogP contribution is -2.15. The maximum absolute atomic E-state index is 12.3. The van der Waals surface area contributed by atoms with Gasteiger partial charge in [0, 0.05) is 21.9 Å². The van der Waals surface area contributed by atoms with E-state index < -0.39 is 5.91 Å². The highest BCUT2D eigenvalue weighted by atomic mass is 35.5. The fourth-order valence-corrected chi connectivity index (χ4v) is 2.45. The van der Waals surface area contributed by atoms with Crippen LogP contribution in [0.25, 0.3) is 0 Å². The summed E-state index contributed by atoms with van der Waals surface area (Å²) in [4.78, 5) is 12.3. The zero-order valence-electron chi connectivity index (χ0n) is 13.6. The first kappa shape index (κ1) is 18.7. The fourth-order valence-electron chi connectivity index (χ4n) is 2.06. The molecule has 0 bridgehead atoms. The maximum atomic E-state index is 12.3. The molecule has 2 aromatic rings. The Kier molecular flexibility index (Phi) is 6.29. The van der Waals surface area contributed by atoms with Crippen LogP contribution in [0.3, 0.4) is 0 Å². The number of nitrogens with one attached hydrogen (secondary N) is 2. The van der Waals surface area contributed by atoms with Crippen LogP contribution >= 0.6 is 23.2 Å². The zero-order chi connectivity index (χ0) is 18.4. The van der Waals surface area contributed by atoms with Crippen molar-refractivity contribution in [2.45, 2.75) is 6.92 Å². The number of halogens is 2. The van der Waals surface area contributed by atoms with Crippen LogP contribution in [0.4, 0.5) is 11.4 Å². The summed E-state index contributed by atoms with van der Waals surface area (Å²) in [5.41, 5.74) is 1.91. The molecule has 0 aromatic heterocycles. The second-order valence-corrected chi connectivity index (χ2v) is 5.94. The van der Waals surface area contributed by atoms with Gasteiger partial charge >= 0.3 is 0 Å². The van der Waals surface area contributed by atoms with Crippen molar-refractivity contribution in [2.75, 3.05) is 17.7 Å². The number of anilines is 2. The van der Waals surface area contributed by atoms with Crippen LogP contribution in [0.15, 0.2) is 48.2 Å². The number of rotatable bonds is 5. The van der Waals surface area contributed by atoms with Crippen LogP contribution < -0.4 is 15.4 Å². The van der Waals surface area contributed by atoms with E-state index in [4.69, 9.17) is 27.9 Å². The summed E-state index contributed by atoms with van der Waals surface area (Å²) in [7, 11) is 1.48. The molecule has 25 heavy (non-hydrogen) atoms. The van der Waals surface area contributed by atoms with E-state index in [1.807, 2.05) is 13.0 Å². The number of nitriles is 1. The maximum Gasteiger partial charge on any atom is 0.267 e. The third kappa shape index (κ3) is 4.90. The molecule has 0 unspecified atom stereocenters. The highest BCUT2D eigenvalue weighted by molar-refractivity contribution is 6.31. The van der Waals surface area contributed by atoms with E-state index in [1.165, 1.54) is 13.3 Å². The van der Waals surface area contributed by atoms with Gasteiger partial charge in [0.25, 0.3) is 5.91 Å². The first-order valence-corrected chi connectivity index (χ1v) is 7.98. The van der Waals surface area contributed by atoms with Crippen molar-refractivity contribution in [1.29, 1.82) is 5.26 Å². The monoisotopic (exact) mass is 375 g/mol. The van der Waals surface area contributed by atoms with Crippen LogP contribution in [0.2, 0.25) is 10.0 Å². The van der Waals surface area contributed by atoms with E-state index in [0.717, 1.165) is 11.3 Å². The number of ether oxygens (including phenoxy) is 1. The number of carbonyl (C=O) groups is 1. The lowest BCUT2D eigenvalue weighted by Gasteiger charge is -2.10. The van der Waals surface area contributed by atoms with Crippen molar-refractivity contribution in [2.24, 2.45) is 0 Å². The molecule has 2 rings (SSSR count). The topological polar surface area (TPSA) is 74.1 Å². The van der Waals surface area contributed by atoms with Gasteiger partial charge in [0.1, 0.15) is 17.4 Å². The molecule has 0 aliphatic rings. The second kappa shape index (κ2) is 8.43. The van der Waals surface area contributed by atoms with Crippen molar-refractivity contribution in [3.05, 3.63) is 63.8 Å². The third-order valence-electron chi connectivity index (χ3n) is 3.34. The Morgan fingerprint density at radius 2 is 1.84 bits per heavy atom. The molecule has 1 amide bonds. The minimum absolute atomic E-state index is 0.101. The van der Waals surface area contributed by atoms with E-state index in [0.29, 0.717) is 21.5 Å².